The molecule has 0 amide bonds. The summed E-state index contributed by atoms with van der Waals surface area (Å²) in [5.74, 6) is 0.699. The minimum absolute atomic E-state index is 0.536. The standard InChI is InChI=1S/C18H25N5O2S/c1-2-7-17(26(24,25)21-16-8-4-3-5-9-16)22-12-14-23(15-13-22)18-19-10-6-11-20-18/h3-6,8-11,17,21H,2,7,12-15H2,1H3. The van der Waals surface area contributed by atoms with E-state index < -0.39 is 15.4 Å². The van der Waals surface area contributed by atoms with Crippen molar-refractivity contribution >= 4 is 21.7 Å². The van der Waals surface area contributed by atoms with Gasteiger partial charge in [-0.1, -0.05) is 31.5 Å². The molecule has 0 radical (unpaired) electrons. The van der Waals surface area contributed by atoms with E-state index in [-0.39, 0.29) is 0 Å². The maximum Gasteiger partial charge on any atom is 0.249 e. The molecule has 1 aromatic heterocycles. The highest BCUT2D eigenvalue weighted by molar-refractivity contribution is 7.93. The van der Waals surface area contributed by atoms with E-state index in [9.17, 15) is 8.42 Å². The van der Waals surface area contributed by atoms with Gasteiger partial charge >= 0.3 is 0 Å². The van der Waals surface area contributed by atoms with E-state index in [1.54, 1.807) is 30.6 Å². The van der Waals surface area contributed by atoms with Crippen LogP contribution in [0.1, 0.15) is 19.8 Å². The smallest absolute Gasteiger partial charge is 0.249 e. The number of para-hydroxylation sites is 1. The predicted molar refractivity (Wildman–Crippen MR) is 103 cm³/mol. The Hall–Kier alpha value is -2.19. The van der Waals surface area contributed by atoms with Gasteiger partial charge in [0.1, 0.15) is 5.37 Å². The lowest BCUT2D eigenvalue weighted by Crippen LogP contribution is -2.54. The van der Waals surface area contributed by atoms with E-state index in [1.807, 2.05) is 30.0 Å². The molecule has 0 bridgehead atoms. The van der Waals surface area contributed by atoms with Crippen LogP contribution in [0.2, 0.25) is 0 Å². The summed E-state index contributed by atoms with van der Waals surface area (Å²) in [4.78, 5) is 12.7. The quantitative estimate of drug-likeness (QED) is 0.799. The Labute approximate surface area is 155 Å². The van der Waals surface area contributed by atoms with Gasteiger partial charge in [0.25, 0.3) is 0 Å². The lowest BCUT2D eigenvalue weighted by molar-refractivity contribution is 0.223. The van der Waals surface area contributed by atoms with E-state index in [1.165, 1.54) is 0 Å². The molecular weight excluding hydrogens is 350 g/mol. The number of rotatable bonds is 7. The highest BCUT2D eigenvalue weighted by Crippen LogP contribution is 2.20. The topological polar surface area (TPSA) is 78.4 Å². The molecule has 0 aliphatic carbocycles. The van der Waals surface area contributed by atoms with Crippen molar-refractivity contribution in [3.63, 3.8) is 0 Å². The van der Waals surface area contributed by atoms with Gasteiger partial charge in [-0.15, -0.1) is 0 Å². The first-order valence-electron chi connectivity index (χ1n) is 8.93. The Morgan fingerprint density at radius 3 is 2.31 bits per heavy atom. The van der Waals surface area contributed by atoms with E-state index in [2.05, 4.69) is 19.6 Å². The number of hydrogen-bond acceptors (Lipinski definition) is 6. The van der Waals surface area contributed by atoms with Crippen LogP contribution in [0.5, 0.6) is 0 Å². The zero-order valence-corrected chi connectivity index (χ0v) is 15.8. The fourth-order valence-corrected chi connectivity index (χ4v) is 4.93. The van der Waals surface area contributed by atoms with Gasteiger partial charge in [0, 0.05) is 44.3 Å². The molecule has 26 heavy (non-hydrogen) atoms. The van der Waals surface area contributed by atoms with E-state index in [0.29, 0.717) is 44.2 Å². The van der Waals surface area contributed by atoms with Crippen molar-refractivity contribution < 1.29 is 8.42 Å². The van der Waals surface area contributed by atoms with Crippen LogP contribution in [0.3, 0.4) is 0 Å². The largest absolute Gasteiger partial charge is 0.338 e. The van der Waals surface area contributed by atoms with E-state index >= 15 is 0 Å². The number of aromatic nitrogens is 2. The number of hydrogen-bond donors (Lipinski definition) is 1. The second-order valence-electron chi connectivity index (χ2n) is 6.33. The van der Waals surface area contributed by atoms with E-state index in [0.717, 1.165) is 6.42 Å². The van der Waals surface area contributed by atoms with Crippen LogP contribution in [0.15, 0.2) is 48.8 Å². The summed E-state index contributed by atoms with van der Waals surface area (Å²) >= 11 is 0. The first-order valence-corrected chi connectivity index (χ1v) is 10.5. The Kier molecular flexibility index (Phi) is 6.05. The van der Waals surface area contributed by atoms with Crippen molar-refractivity contribution in [3.05, 3.63) is 48.8 Å². The maximum atomic E-state index is 12.9. The normalized spacial score (nSPS) is 17.0. The highest BCUT2D eigenvalue weighted by Gasteiger charge is 2.33. The average molecular weight is 375 g/mol. The zero-order chi connectivity index (χ0) is 18.4. The molecular formula is C18H25N5O2S. The highest BCUT2D eigenvalue weighted by atomic mass is 32.2. The van der Waals surface area contributed by atoms with Crippen LogP contribution in [-0.4, -0.2) is 54.8 Å². The molecule has 1 atom stereocenters. The number of nitrogens with one attached hydrogen (secondary N) is 1. The van der Waals surface area contributed by atoms with Crippen molar-refractivity contribution in [3.8, 4) is 0 Å². The van der Waals surface area contributed by atoms with Gasteiger partial charge in [-0.05, 0) is 24.6 Å². The van der Waals surface area contributed by atoms with Gasteiger partial charge in [-0.25, -0.2) is 18.4 Å². The fraction of sp³-hybridized carbons (Fsp3) is 0.444. The van der Waals surface area contributed by atoms with Gasteiger partial charge in [-0.2, -0.15) is 0 Å². The molecule has 1 aliphatic heterocycles. The second kappa shape index (κ2) is 8.46. The van der Waals surface area contributed by atoms with Crippen LogP contribution in [-0.2, 0) is 10.0 Å². The molecule has 0 spiro atoms. The predicted octanol–water partition coefficient (Wildman–Crippen LogP) is 2.17. The molecule has 1 aromatic carbocycles. The SMILES string of the molecule is CCCC(N1CCN(c2ncccn2)CC1)S(=O)(=O)Nc1ccccc1. The van der Waals surface area contributed by atoms with Crippen LogP contribution in [0.4, 0.5) is 11.6 Å². The molecule has 140 valence electrons. The van der Waals surface area contributed by atoms with Crippen LogP contribution >= 0.6 is 0 Å². The summed E-state index contributed by atoms with van der Waals surface area (Å²) in [7, 11) is -3.49. The first-order chi connectivity index (χ1) is 12.6. The van der Waals surface area contributed by atoms with Crippen molar-refractivity contribution in [1.82, 2.24) is 14.9 Å². The van der Waals surface area contributed by atoms with Gasteiger partial charge in [-0.3, -0.25) is 9.62 Å². The zero-order valence-electron chi connectivity index (χ0n) is 15.0. The summed E-state index contributed by atoms with van der Waals surface area (Å²) in [6.07, 6.45) is 4.86. The molecule has 1 aliphatic rings. The molecule has 8 heteroatoms. The Morgan fingerprint density at radius 2 is 1.69 bits per heavy atom. The van der Waals surface area contributed by atoms with Gasteiger partial charge in [0.2, 0.25) is 16.0 Å². The molecule has 1 saturated heterocycles. The number of anilines is 2. The molecule has 1 unspecified atom stereocenters. The summed E-state index contributed by atoms with van der Waals surface area (Å²) in [6, 6.07) is 10.8. The lowest BCUT2D eigenvalue weighted by atomic mass is 10.2. The Bertz CT molecular complexity index is 778. The minimum Gasteiger partial charge on any atom is -0.338 e. The van der Waals surface area contributed by atoms with Gasteiger partial charge in [0.15, 0.2) is 0 Å². The molecule has 1 N–H and O–H groups in total. The van der Waals surface area contributed by atoms with Crippen molar-refractivity contribution in [2.24, 2.45) is 0 Å². The summed E-state index contributed by atoms with van der Waals surface area (Å²) in [5.41, 5.74) is 0.602. The Balaban J connectivity index is 1.68. The first kappa shape index (κ1) is 18.6. The second-order valence-corrected chi connectivity index (χ2v) is 8.17. The van der Waals surface area contributed by atoms with Crippen molar-refractivity contribution in [2.45, 2.75) is 25.1 Å². The number of sulfonamides is 1. The minimum atomic E-state index is -3.49. The third-order valence-corrected chi connectivity index (χ3v) is 6.25. The van der Waals surface area contributed by atoms with Gasteiger partial charge in [0.05, 0.1) is 0 Å². The van der Waals surface area contributed by atoms with Crippen LogP contribution in [0, 0.1) is 0 Å². The molecule has 3 rings (SSSR count). The van der Waals surface area contributed by atoms with Crippen molar-refractivity contribution in [1.29, 1.82) is 0 Å². The number of nitrogens with zero attached hydrogens (tertiary/aromatic N) is 4. The molecule has 2 aromatic rings. The molecule has 2 heterocycles. The van der Waals surface area contributed by atoms with Gasteiger partial charge < -0.3 is 4.90 Å². The Morgan fingerprint density at radius 1 is 1.04 bits per heavy atom. The lowest BCUT2D eigenvalue weighted by Gasteiger charge is -2.38. The van der Waals surface area contributed by atoms with E-state index in [4.69, 9.17) is 0 Å². The molecule has 1 fully saturated rings. The average Bonchev–Trinajstić information content (AvgIpc) is 2.67. The fourth-order valence-electron chi connectivity index (χ4n) is 3.18. The number of benzene rings is 1. The molecule has 0 saturated carbocycles. The van der Waals surface area contributed by atoms with Crippen LogP contribution < -0.4 is 9.62 Å². The maximum absolute atomic E-state index is 12.9. The third-order valence-electron chi connectivity index (χ3n) is 4.48. The van der Waals surface area contributed by atoms with Crippen molar-refractivity contribution in [2.75, 3.05) is 35.8 Å². The third kappa shape index (κ3) is 4.50. The summed E-state index contributed by atoms with van der Waals surface area (Å²) < 4.78 is 28.6. The number of piperazine rings is 1. The molecule has 7 nitrogen and oxygen atoms in total. The summed E-state index contributed by atoms with van der Waals surface area (Å²) in [6.45, 7) is 4.77. The monoisotopic (exact) mass is 375 g/mol. The summed E-state index contributed by atoms with van der Waals surface area (Å²) in [5, 5.41) is -0.536. The van der Waals surface area contributed by atoms with Crippen LogP contribution in [0.25, 0.3) is 0 Å².